The number of carbonyl (C=O) groups excluding carboxylic acids is 1. The Labute approximate surface area is 205 Å². The fourth-order valence-corrected chi connectivity index (χ4v) is 5.33. The second kappa shape index (κ2) is 9.19. The van der Waals surface area contributed by atoms with Gasteiger partial charge in [-0.2, -0.15) is 0 Å². The van der Waals surface area contributed by atoms with Crippen LogP contribution in [0.1, 0.15) is 53.6 Å². The van der Waals surface area contributed by atoms with Gasteiger partial charge in [-0.3, -0.25) is 9.78 Å². The van der Waals surface area contributed by atoms with Crippen LogP contribution in [0.4, 0.5) is 11.4 Å². The Morgan fingerprint density at radius 2 is 1.97 bits per heavy atom. The average molecular weight is 476 g/mol. The molecule has 2 N–H and O–H groups in total. The summed E-state index contributed by atoms with van der Waals surface area (Å²) >= 11 is 5.85. The van der Waals surface area contributed by atoms with E-state index in [-0.39, 0.29) is 24.6 Å². The molecule has 2 aliphatic rings. The van der Waals surface area contributed by atoms with E-state index in [1.165, 1.54) is 36.9 Å². The molecule has 8 heteroatoms. The highest BCUT2D eigenvalue weighted by molar-refractivity contribution is 7.80. The number of aromatic nitrogens is 2. The molecule has 2 fully saturated rings. The molecule has 0 unspecified atom stereocenters. The third-order valence-electron chi connectivity index (χ3n) is 6.56. The van der Waals surface area contributed by atoms with Crippen molar-refractivity contribution in [3.63, 3.8) is 0 Å². The van der Waals surface area contributed by atoms with Gasteiger partial charge in [0.2, 0.25) is 5.91 Å². The van der Waals surface area contributed by atoms with Crippen molar-refractivity contribution in [2.75, 3.05) is 23.9 Å². The summed E-state index contributed by atoms with van der Waals surface area (Å²) in [5.41, 5.74) is 6.45. The van der Waals surface area contributed by atoms with Crippen LogP contribution in [-0.2, 0) is 9.53 Å². The second-order valence-electron chi connectivity index (χ2n) is 8.95. The Hall–Kier alpha value is -3.23. The molecule has 1 amide bonds. The Balaban J connectivity index is 1.53. The SMILES string of the molecule is COCC(=O)Nc1ccc(N2C(=S)N[C@H](c3ccccn3)[C@@H]2c2cc(C)n(C3CC3)c2C)cc1. The smallest absolute Gasteiger partial charge is 0.250 e. The molecule has 2 atom stereocenters. The van der Waals surface area contributed by atoms with Crippen molar-refractivity contribution in [1.29, 1.82) is 0 Å². The van der Waals surface area contributed by atoms with E-state index >= 15 is 0 Å². The molecule has 1 aliphatic heterocycles. The van der Waals surface area contributed by atoms with E-state index in [1.54, 1.807) is 0 Å². The van der Waals surface area contributed by atoms with E-state index < -0.39 is 0 Å². The van der Waals surface area contributed by atoms with Crippen LogP contribution in [0.5, 0.6) is 0 Å². The van der Waals surface area contributed by atoms with Gasteiger partial charge in [-0.15, -0.1) is 0 Å². The lowest BCUT2D eigenvalue weighted by atomic mass is 9.96. The predicted molar refractivity (Wildman–Crippen MR) is 137 cm³/mol. The van der Waals surface area contributed by atoms with Gasteiger partial charge in [-0.1, -0.05) is 6.07 Å². The first-order chi connectivity index (χ1) is 16.5. The van der Waals surface area contributed by atoms with Crippen molar-refractivity contribution >= 4 is 34.6 Å². The molecule has 2 aromatic heterocycles. The normalized spacial score (nSPS) is 19.9. The molecular weight excluding hydrogens is 446 g/mol. The largest absolute Gasteiger partial charge is 0.375 e. The average Bonchev–Trinajstić information content (AvgIpc) is 3.54. The molecule has 3 aromatic rings. The lowest BCUT2D eigenvalue weighted by Crippen LogP contribution is -2.29. The first kappa shape index (κ1) is 22.6. The number of aryl methyl sites for hydroxylation is 1. The number of hydrogen-bond donors (Lipinski definition) is 2. The molecule has 34 heavy (non-hydrogen) atoms. The first-order valence-electron chi connectivity index (χ1n) is 11.6. The third kappa shape index (κ3) is 4.19. The van der Waals surface area contributed by atoms with Gasteiger partial charge in [0.15, 0.2) is 5.11 Å². The maximum atomic E-state index is 11.9. The standard InChI is InChI=1S/C26H29N5O2S/c1-16-14-21(17(2)30(16)19-11-12-19)25-24(22-6-4-5-13-27-22)29-26(34)31(25)20-9-7-18(8-10-20)28-23(32)15-33-3/h4-10,13-14,19,24-25H,11-12,15H2,1-3H3,(H,28,32)(H,29,34)/t24-,25+/m1/s1. The molecule has 1 aromatic carbocycles. The first-order valence-corrected chi connectivity index (χ1v) is 12.0. The molecule has 5 rings (SSSR count). The number of methoxy groups -OCH3 is 1. The molecule has 0 spiro atoms. The number of hydrogen-bond acceptors (Lipinski definition) is 4. The number of nitrogens with one attached hydrogen (secondary N) is 2. The van der Waals surface area contributed by atoms with Crippen LogP contribution in [0.15, 0.2) is 54.7 Å². The number of pyridine rings is 1. The Morgan fingerprint density at radius 3 is 2.62 bits per heavy atom. The monoisotopic (exact) mass is 475 g/mol. The number of benzene rings is 1. The minimum absolute atomic E-state index is 0.0202. The van der Waals surface area contributed by atoms with Crippen LogP contribution < -0.4 is 15.5 Å². The van der Waals surface area contributed by atoms with Crippen LogP contribution in [0.2, 0.25) is 0 Å². The van der Waals surface area contributed by atoms with E-state index in [2.05, 4.69) is 45.0 Å². The summed E-state index contributed by atoms with van der Waals surface area (Å²) < 4.78 is 7.37. The lowest BCUT2D eigenvalue weighted by Gasteiger charge is -2.28. The maximum absolute atomic E-state index is 11.9. The van der Waals surface area contributed by atoms with Gasteiger partial charge < -0.3 is 24.8 Å². The van der Waals surface area contributed by atoms with Gasteiger partial charge in [0, 0.05) is 42.1 Å². The minimum Gasteiger partial charge on any atom is -0.375 e. The van der Waals surface area contributed by atoms with Gasteiger partial charge in [-0.05, 0) is 86.9 Å². The molecule has 0 bridgehead atoms. The van der Waals surface area contributed by atoms with Crippen molar-refractivity contribution in [3.05, 3.63) is 77.4 Å². The van der Waals surface area contributed by atoms with Crippen LogP contribution in [0.25, 0.3) is 0 Å². The number of carbonyl (C=O) groups is 1. The quantitative estimate of drug-likeness (QED) is 0.487. The molecule has 1 saturated carbocycles. The van der Waals surface area contributed by atoms with Gasteiger partial charge in [-0.25, -0.2) is 0 Å². The van der Waals surface area contributed by atoms with Crippen molar-refractivity contribution in [2.45, 2.75) is 44.8 Å². The summed E-state index contributed by atoms with van der Waals surface area (Å²) in [6.45, 7) is 4.42. The number of ether oxygens (including phenoxy) is 1. The van der Waals surface area contributed by atoms with Gasteiger partial charge in [0.05, 0.1) is 17.8 Å². The third-order valence-corrected chi connectivity index (χ3v) is 6.87. The van der Waals surface area contributed by atoms with E-state index in [4.69, 9.17) is 17.0 Å². The molecule has 176 valence electrons. The zero-order valence-corrected chi connectivity index (χ0v) is 20.4. The number of amides is 1. The van der Waals surface area contributed by atoms with E-state index in [0.717, 1.165) is 11.4 Å². The van der Waals surface area contributed by atoms with Crippen LogP contribution >= 0.6 is 12.2 Å². The predicted octanol–water partition coefficient (Wildman–Crippen LogP) is 4.60. The number of anilines is 2. The van der Waals surface area contributed by atoms with Gasteiger partial charge >= 0.3 is 0 Å². The van der Waals surface area contributed by atoms with Crippen molar-refractivity contribution < 1.29 is 9.53 Å². The summed E-state index contributed by atoms with van der Waals surface area (Å²) in [6, 6.07) is 16.5. The van der Waals surface area contributed by atoms with Gasteiger partial charge in [0.25, 0.3) is 0 Å². The molecular formula is C26H29N5O2S. The molecule has 3 heterocycles. The fraction of sp³-hybridized carbons (Fsp3) is 0.346. The highest BCUT2D eigenvalue weighted by Crippen LogP contribution is 2.46. The zero-order valence-electron chi connectivity index (χ0n) is 19.6. The Bertz CT molecular complexity index is 1200. The maximum Gasteiger partial charge on any atom is 0.250 e. The molecule has 7 nitrogen and oxygen atoms in total. The van der Waals surface area contributed by atoms with Crippen molar-refractivity contribution in [2.24, 2.45) is 0 Å². The highest BCUT2D eigenvalue weighted by atomic mass is 32.1. The number of thiocarbonyl (C=S) groups is 1. The fourth-order valence-electron chi connectivity index (χ4n) is 4.98. The van der Waals surface area contributed by atoms with Gasteiger partial charge in [0.1, 0.15) is 6.61 Å². The Morgan fingerprint density at radius 1 is 1.21 bits per heavy atom. The molecule has 1 saturated heterocycles. The summed E-state index contributed by atoms with van der Waals surface area (Å²) in [7, 11) is 1.50. The van der Waals surface area contributed by atoms with Crippen molar-refractivity contribution in [1.82, 2.24) is 14.9 Å². The second-order valence-corrected chi connectivity index (χ2v) is 9.34. The summed E-state index contributed by atoms with van der Waals surface area (Å²) in [4.78, 5) is 18.7. The molecule has 0 radical (unpaired) electrons. The number of rotatable bonds is 7. The molecule has 1 aliphatic carbocycles. The number of nitrogens with zero attached hydrogens (tertiary/aromatic N) is 3. The Kier molecular flexibility index (Phi) is 6.10. The highest BCUT2D eigenvalue weighted by Gasteiger charge is 2.43. The minimum atomic E-state index is -0.186. The summed E-state index contributed by atoms with van der Waals surface area (Å²) in [5.74, 6) is -0.186. The summed E-state index contributed by atoms with van der Waals surface area (Å²) in [6.07, 6.45) is 4.30. The summed E-state index contributed by atoms with van der Waals surface area (Å²) in [5, 5.41) is 7.04. The zero-order chi connectivity index (χ0) is 23.8. The van der Waals surface area contributed by atoms with Crippen LogP contribution in [0.3, 0.4) is 0 Å². The van der Waals surface area contributed by atoms with Crippen LogP contribution in [-0.4, -0.2) is 34.3 Å². The van der Waals surface area contributed by atoms with E-state index in [1.807, 2.05) is 48.7 Å². The van der Waals surface area contributed by atoms with Crippen LogP contribution in [0, 0.1) is 13.8 Å². The van der Waals surface area contributed by atoms with Crippen molar-refractivity contribution in [3.8, 4) is 0 Å². The van der Waals surface area contributed by atoms with E-state index in [0.29, 0.717) is 16.8 Å². The lowest BCUT2D eigenvalue weighted by molar-refractivity contribution is -0.119. The van der Waals surface area contributed by atoms with E-state index in [9.17, 15) is 4.79 Å². The topological polar surface area (TPSA) is 71.4 Å².